The molecule has 98 valence electrons. The number of hydrogen-bond acceptors (Lipinski definition) is 2. The number of hydrogen-bond donors (Lipinski definition) is 1. The Balaban J connectivity index is 2.14. The molecule has 0 radical (unpaired) electrons. The predicted molar refractivity (Wildman–Crippen MR) is 71.7 cm³/mol. The van der Waals surface area contributed by atoms with Crippen LogP contribution in [-0.4, -0.2) is 35.1 Å². The van der Waals surface area contributed by atoms with Crippen LogP contribution in [0.25, 0.3) is 0 Å². The van der Waals surface area contributed by atoms with Gasteiger partial charge in [-0.15, -0.1) is 0 Å². The van der Waals surface area contributed by atoms with Crippen LogP contribution in [0.3, 0.4) is 0 Å². The Hall–Kier alpha value is -1.35. The standard InChI is InChI=1S/C15H21NO2/c1-2-13(12-7-4-3-5-8-12)14-9-6-10-16(14)11-15(17)18/h3-5,7-8,13-14H,2,6,9-11H2,1H3,(H,17,18)/t13-,14-/m0/s1. The van der Waals surface area contributed by atoms with Gasteiger partial charge in [-0.05, 0) is 37.3 Å². The van der Waals surface area contributed by atoms with E-state index in [-0.39, 0.29) is 6.54 Å². The highest BCUT2D eigenvalue weighted by atomic mass is 16.4. The SMILES string of the molecule is CC[C@@H](c1ccccc1)[C@@H]1CCCN1CC(=O)O. The first-order valence-corrected chi connectivity index (χ1v) is 6.73. The van der Waals surface area contributed by atoms with Crippen molar-refractivity contribution in [3.05, 3.63) is 35.9 Å². The molecule has 1 aromatic rings. The first kappa shape index (κ1) is 13.1. The van der Waals surface area contributed by atoms with E-state index >= 15 is 0 Å². The number of rotatable bonds is 5. The minimum Gasteiger partial charge on any atom is -0.480 e. The molecular formula is C15H21NO2. The van der Waals surface area contributed by atoms with E-state index in [1.165, 1.54) is 5.56 Å². The fraction of sp³-hybridized carbons (Fsp3) is 0.533. The molecule has 1 aliphatic rings. The van der Waals surface area contributed by atoms with Crippen molar-refractivity contribution in [1.82, 2.24) is 4.90 Å². The van der Waals surface area contributed by atoms with Crippen LogP contribution in [0.5, 0.6) is 0 Å². The zero-order valence-corrected chi connectivity index (χ0v) is 10.9. The molecule has 1 aromatic carbocycles. The summed E-state index contributed by atoms with van der Waals surface area (Å²) in [4.78, 5) is 13.0. The van der Waals surface area contributed by atoms with Crippen LogP contribution in [0.2, 0.25) is 0 Å². The topological polar surface area (TPSA) is 40.5 Å². The van der Waals surface area contributed by atoms with Gasteiger partial charge in [0.1, 0.15) is 0 Å². The third-order valence-corrected chi connectivity index (χ3v) is 3.88. The van der Waals surface area contributed by atoms with Crippen LogP contribution in [-0.2, 0) is 4.79 Å². The van der Waals surface area contributed by atoms with Gasteiger partial charge in [-0.2, -0.15) is 0 Å². The molecule has 1 saturated heterocycles. The minimum absolute atomic E-state index is 0.175. The zero-order chi connectivity index (χ0) is 13.0. The molecule has 3 heteroatoms. The van der Waals surface area contributed by atoms with Gasteiger partial charge in [0.2, 0.25) is 0 Å². The van der Waals surface area contributed by atoms with Crippen molar-refractivity contribution < 1.29 is 9.90 Å². The maximum atomic E-state index is 10.9. The highest BCUT2D eigenvalue weighted by Crippen LogP contribution is 2.33. The molecule has 0 aromatic heterocycles. The van der Waals surface area contributed by atoms with Gasteiger partial charge in [-0.3, -0.25) is 9.69 Å². The lowest BCUT2D eigenvalue weighted by Crippen LogP contribution is -2.37. The predicted octanol–water partition coefficient (Wildman–Crippen LogP) is 2.73. The molecule has 0 aliphatic carbocycles. The Kier molecular flexibility index (Phi) is 4.37. The van der Waals surface area contributed by atoms with Crippen molar-refractivity contribution in [2.45, 2.75) is 38.1 Å². The summed E-state index contributed by atoms with van der Waals surface area (Å²) in [5.74, 6) is -0.266. The Morgan fingerprint density at radius 3 is 2.78 bits per heavy atom. The van der Waals surface area contributed by atoms with Gasteiger partial charge in [0, 0.05) is 6.04 Å². The molecule has 1 heterocycles. The van der Waals surface area contributed by atoms with Gasteiger partial charge in [0.25, 0.3) is 0 Å². The molecule has 2 rings (SSSR count). The minimum atomic E-state index is -0.718. The Morgan fingerprint density at radius 1 is 1.44 bits per heavy atom. The molecule has 0 saturated carbocycles. The summed E-state index contributed by atoms with van der Waals surface area (Å²) in [6, 6.07) is 10.9. The number of carbonyl (C=O) groups is 1. The number of aliphatic carboxylic acids is 1. The molecule has 0 amide bonds. The van der Waals surface area contributed by atoms with Gasteiger partial charge in [0.15, 0.2) is 0 Å². The first-order valence-electron chi connectivity index (χ1n) is 6.73. The maximum Gasteiger partial charge on any atom is 0.317 e. The molecule has 2 atom stereocenters. The zero-order valence-electron chi connectivity index (χ0n) is 10.9. The van der Waals surface area contributed by atoms with E-state index in [0.29, 0.717) is 12.0 Å². The lowest BCUT2D eigenvalue weighted by molar-refractivity contribution is -0.138. The normalized spacial score (nSPS) is 21.9. The van der Waals surface area contributed by atoms with Crippen LogP contribution < -0.4 is 0 Å². The monoisotopic (exact) mass is 247 g/mol. The van der Waals surface area contributed by atoms with E-state index in [4.69, 9.17) is 5.11 Å². The van der Waals surface area contributed by atoms with Crippen LogP contribution in [0.1, 0.15) is 37.7 Å². The third-order valence-electron chi connectivity index (χ3n) is 3.88. The molecular weight excluding hydrogens is 226 g/mol. The second-order valence-electron chi connectivity index (χ2n) is 5.00. The maximum absolute atomic E-state index is 10.9. The van der Waals surface area contributed by atoms with Crippen molar-refractivity contribution in [3.63, 3.8) is 0 Å². The van der Waals surface area contributed by atoms with Crippen LogP contribution in [0.15, 0.2) is 30.3 Å². The molecule has 3 nitrogen and oxygen atoms in total. The molecule has 1 N–H and O–H groups in total. The summed E-state index contributed by atoms with van der Waals surface area (Å²) in [5.41, 5.74) is 1.34. The molecule has 0 spiro atoms. The van der Waals surface area contributed by atoms with Crippen molar-refractivity contribution in [1.29, 1.82) is 0 Å². The Labute approximate surface area is 108 Å². The van der Waals surface area contributed by atoms with Crippen LogP contribution in [0, 0.1) is 0 Å². The molecule has 1 aliphatic heterocycles. The summed E-state index contributed by atoms with van der Waals surface area (Å²) in [7, 11) is 0. The molecule has 18 heavy (non-hydrogen) atoms. The van der Waals surface area contributed by atoms with E-state index in [1.807, 2.05) is 6.07 Å². The van der Waals surface area contributed by atoms with Crippen molar-refractivity contribution >= 4 is 5.97 Å². The summed E-state index contributed by atoms with van der Waals surface area (Å²) in [6.45, 7) is 3.28. The molecule has 1 fully saturated rings. The first-order chi connectivity index (χ1) is 8.72. The Morgan fingerprint density at radius 2 is 2.17 bits per heavy atom. The summed E-state index contributed by atoms with van der Waals surface area (Å²) < 4.78 is 0. The molecule has 0 unspecified atom stereocenters. The van der Waals surface area contributed by atoms with Crippen molar-refractivity contribution in [2.75, 3.05) is 13.1 Å². The van der Waals surface area contributed by atoms with E-state index in [1.54, 1.807) is 0 Å². The van der Waals surface area contributed by atoms with E-state index < -0.39 is 5.97 Å². The van der Waals surface area contributed by atoms with Crippen LogP contribution in [0.4, 0.5) is 0 Å². The fourth-order valence-corrected chi connectivity index (χ4v) is 3.11. The fourth-order valence-electron chi connectivity index (χ4n) is 3.11. The average Bonchev–Trinajstić information content (AvgIpc) is 2.79. The Bertz CT molecular complexity index is 391. The number of nitrogens with zero attached hydrogens (tertiary/aromatic N) is 1. The van der Waals surface area contributed by atoms with Crippen molar-refractivity contribution in [2.24, 2.45) is 0 Å². The average molecular weight is 247 g/mol. The third kappa shape index (κ3) is 2.91. The summed E-state index contributed by atoms with van der Waals surface area (Å²) in [5, 5.41) is 8.98. The van der Waals surface area contributed by atoms with Gasteiger partial charge in [0.05, 0.1) is 6.54 Å². The lowest BCUT2D eigenvalue weighted by atomic mass is 9.88. The van der Waals surface area contributed by atoms with Gasteiger partial charge < -0.3 is 5.11 Å². The largest absolute Gasteiger partial charge is 0.480 e. The summed E-state index contributed by atoms with van der Waals surface area (Å²) in [6.07, 6.45) is 3.28. The van der Waals surface area contributed by atoms with E-state index in [9.17, 15) is 4.79 Å². The van der Waals surface area contributed by atoms with Gasteiger partial charge in [-0.1, -0.05) is 37.3 Å². The van der Waals surface area contributed by atoms with E-state index in [0.717, 1.165) is 25.8 Å². The van der Waals surface area contributed by atoms with E-state index in [2.05, 4.69) is 36.1 Å². The molecule has 0 bridgehead atoms. The summed E-state index contributed by atoms with van der Waals surface area (Å²) >= 11 is 0. The van der Waals surface area contributed by atoms with Gasteiger partial charge >= 0.3 is 5.97 Å². The number of carboxylic acid groups (broad SMARTS) is 1. The second-order valence-corrected chi connectivity index (χ2v) is 5.00. The van der Waals surface area contributed by atoms with Crippen LogP contribution >= 0.6 is 0 Å². The second kappa shape index (κ2) is 6.01. The quantitative estimate of drug-likeness (QED) is 0.869. The number of likely N-dealkylation sites (tertiary alicyclic amines) is 1. The highest BCUT2D eigenvalue weighted by Gasteiger charge is 2.32. The number of carboxylic acids is 1. The lowest BCUT2D eigenvalue weighted by Gasteiger charge is -2.30. The highest BCUT2D eigenvalue weighted by molar-refractivity contribution is 5.69. The smallest absolute Gasteiger partial charge is 0.317 e. The number of benzene rings is 1. The van der Waals surface area contributed by atoms with Crippen molar-refractivity contribution in [3.8, 4) is 0 Å². The van der Waals surface area contributed by atoms with Gasteiger partial charge in [-0.25, -0.2) is 0 Å².